The number of carboxylic acid groups (broad SMARTS) is 1. The highest BCUT2D eigenvalue weighted by atomic mass is 32.2. The smallest absolute Gasteiger partial charge is 0.338 e. The van der Waals surface area contributed by atoms with Gasteiger partial charge >= 0.3 is 5.97 Å². The van der Waals surface area contributed by atoms with Crippen LogP contribution in [0.15, 0.2) is 23.1 Å². The van der Waals surface area contributed by atoms with Crippen LogP contribution in [0.4, 0.5) is 5.69 Å². The summed E-state index contributed by atoms with van der Waals surface area (Å²) in [4.78, 5) is 12.3. The van der Waals surface area contributed by atoms with Gasteiger partial charge in [-0.2, -0.15) is 0 Å². The first kappa shape index (κ1) is 15.9. The number of rotatable bonds is 7. The first-order valence-electron chi connectivity index (χ1n) is 6.71. The molecular formula is C15H23NO2S. The summed E-state index contributed by atoms with van der Waals surface area (Å²) < 4.78 is 0. The van der Waals surface area contributed by atoms with E-state index in [1.54, 1.807) is 11.8 Å². The van der Waals surface area contributed by atoms with E-state index in [0.29, 0.717) is 11.5 Å². The summed E-state index contributed by atoms with van der Waals surface area (Å²) in [6.07, 6.45) is 1.02. The van der Waals surface area contributed by atoms with Crippen molar-refractivity contribution in [2.24, 2.45) is 5.92 Å². The highest BCUT2D eigenvalue weighted by molar-refractivity contribution is 7.99. The van der Waals surface area contributed by atoms with E-state index in [1.165, 1.54) is 0 Å². The van der Waals surface area contributed by atoms with E-state index in [0.717, 1.165) is 22.8 Å². The fourth-order valence-electron chi connectivity index (χ4n) is 2.18. The monoisotopic (exact) mass is 281 g/mol. The lowest BCUT2D eigenvalue weighted by molar-refractivity contribution is 0.0694. The molecule has 0 aliphatic heterocycles. The molecule has 3 nitrogen and oxygen atoms in total. The zero-order chi connectivity index (χ0) is 14.4. The van der Waals surface area contributed by atoms with Crippen LogP contribution in [0.25, 0.3) is 0 Å². The molecule has 0 aliphatic carbocycles. The number of anilines is 1. The van der Waals surface area contributed by atoms with Crippen LogP contribution >= 0.6 is 11.8 Å². The molecule has 2 N–H and O–H groups in total. The van der Waals surface area contributed by atoms with E-state index in [4.69, 9.17) is 0 Å². The molecule has 0 aromatic heterocycles. The molecule has 0 spiro atoms. The van der Waals surface area contributed by atoms with Crippen molar-refractivity contribution in [1.29, 1.82) is 0 Å². The maximum atomic E-state index is 11.5. The molecule has 19 heavy (non-hydrogen) atoms. The Bertz CT molecular complexity index is 432. The molecular weight excluding hydrogens is 258 g/mol. The number of hydrogen-bond acceptors (Lipinski definition) is 3. The Labute approximate surface area is 119 Å². The molecule has 0 amide bonds. The molecule has 1 rings (SSSR count). The number of carbonyl (C=O) groups is 1. The van der Waals surface area contributed by atoms with Crippen molar-refractivity contribution >= 4 is 23.4 Å². The summed E-state index contributed by atoms with van der Waals surface area (Å²) >= 11 is 1.56. The fraction of sp³-hybridized carbons (Fsp3) is 0.533. The first-order valence-corrected chi connectivity index (χ1v) is 7.69. The summed E-state index contributed by atoms with van der Waals surface area (Å²) in [5, 5.41) is 12.7. The van der Waals surface area contributed by atoms with Crippen LogP contribution in [-0.2, 0) is 0 Å². The maximum Gasteiger partial charge on any atom is 0.338 e. The normalized spacial score (nSPS) is 12.5. The highest BCUT2D eigenvalue weighted by Gasteiger charge is 2.17. The molecule has 0 heterocycles. The van der Waals surface area contributed by atoms with Crippen LogP contribution < -0.4 is 5.32 Å². The Kier molecular flexibility index (Phi) is 6.22. The molecule has 0 radical (unpaired) electrons. The van der Waals surface area contributed by atoms with Crippen LogP contribution in [0.5, 0.6) is 0 Å². The van der Waals surface area contributed by atoms with Gasteiger partial charge in [-0.05, 0) is 37.1 Å². The van der Waals surface area contributed by atoms with Gasteiger partial charge in [-0.15, -0.1) is 11.8 Å². The van der Waals surface area contributed by atoms with E-state index in [2.05, 4.69) is 26.1 Å². The van der Waals surface area contributed by atoms with Crippen molar-refractivity contribution in [2.75, 3.05) is 11.1 Å². The van der Waals surface area contributed by atoms with E-state index in [-0.39, 0.29) is 6.04 Å². The summed E-state index contributed by atoms with van der Waals surface area (Å²) in [5.41, 5.74) is 1.11. The number of thioether (sulfide) groups is 1. The van der Waals surface area contributed by atoms with Crippen molar-refractivity contribution in [3.63, 3.8) is 0 Å². The predicted molar refractivity (Wildman–Crippen MR) is 82.3 cm³/mol. The fourth-order valence-corrected chi connectivity index (χ4v) is 3.01. The van der Waals surface area contributed by atoms with Gasteiger partial charge in [-0.3, -0.25) is 0 Å². The molecule has 1 aromatic carbocycles. The number of aromatic carboxylic acids is 1. The third-order valence-corrected chi connectivity index (χ3v) is 3.71. The average Bonchev–Trinajstić information content (AvgIpc) is 2.27. The minimum absolute atomic E-state index is 0.264. The van der Waals surface area contributed by atoms with Gasteiger partial charge in [0.25, 0.3) is 0 Å². The number of nitrogens with one attached hydrogen (secondary N) is 1. The highest BCUT2D eigenvalue weighted by Crippen LogP contribution is 2.29. The van der Waals surface area contributed by atoms with Gasteiger partial charge in [0.1, 0.15) is 0 Å². The number of benzene rings is 1. The molecule has 0 aliphatic rings. The summed E-state index contributed by atoms with van der Waals surface area (Å²) in [5.74, 6) is 0.588. The second-order valence-corrected chi connectivity index (χ2v) is 6.40. The zero-order valence-electron chi connectivity index (χ0n) is 12.1. The van der Waals surface area contributed by atoms with Crippen molar-refractivity contribution < 1.29 is 9.90 Å². The Morgan fingerprint density at radius 3 is 2.58 bits per heavy atom. The van der Waals surface area contributed by atoms with Crippen molar-refractivity contribution in [3.8, 4) is 0 Å². The third kappa shape index (κ3) is 4.78. The molecule has 0 bridgehead atoms. The van der Waals surface area contributed by atoms with Crippen LogP contribution in [-0.4, -0.2) is 22.9 Å². The van der Waals surface area contributed by atoms with Gasteiger partial charge in [0.2, 0.25) is 0 Å². The lowest BCUT2D eigenvalue weighted by atomic mass is 10.0. The minimum Gasteiger partial charge on any atom is -0.478 e. The topological polar surface area (TPSA) is 49.3 Å². The van der Waals surface area contributed by atoms with Gasteiger partial charge in [0.05, 0.1) is 11.3 Å². The SMILES string of the molecule is CCSc1cccc(NC(C)CC(C)C)c1C(=O)O. The second kappa shape index (κ2) is 7.43. The minimum atomic E-state index is -0.865. The Balaban J connectivity index is 2.99. The van der Waals surface area contributed by atoms with Crippen LogP contribution in [0.2, 0.25) is 0 Å². The lowest BCUT2D eigenvalue weighted by Crippen LogP contribution is -2.19. The maximum absolute atomic E-state index is 11.5. The molecule has 1 unspecified atom stereocenters. The Morgan fingerprint density at radius 1 is 1.37 bits per heavy atom. The van der Waals surface area contributed by atoms with E-state index >= 15 is 0 Å². The van der Waals surface area contributed by atoms with E-state index in [9.17, 15) is 9.90 Å². The predicted octanol–water partition coefficient (Wildman–Crippen LogP) is 4.34. The van der Waals surface area contributed by atoms with Crippen molar-refractivity contribution in [1.82, 2.24) is 0 Å². The first-order chi connectivity index (χ1) is 8.95. The average molecular weight is 281 g/mol. The molecule has 4 heteroatoms. The van der Waals surface area contributed by atoms with Crippen LogP contribution in [0, 0.1) is 5.92 Å². The van der Waals surface area contributed by atoms with Gasteiger partial charge in [0.15, 0.2) is 0 Å². The third-order valence-electron chi connectivity index (χ3n) is 2.77. The summed E-state index contributed by atoms with van der Waals surface area (Å²) in [7, 11) is 0. The van der Waals surface area contributed by atoms with E-state index < -0.39 is 5.97 Å². The summed E-state index contributed by atoms with van der Waals surface area (Å²) in [6.45, 7) is 8.45. The molecule has 1 aromatic rings. The van der Waals surface area contributed by atoms with Crippen LogP contribution in [0.3, 0.4) is 0 Å². The van der Waals surface area contributed by atoms with Crippen molar-refractivity contribution in [2.45, 2.75) is 45.1 Å². The number of carboxylic acids is 1. The quantitative estimate of drug-likeness (QED) is 0.730. The van der Waals surface area contributed by atoms with Gasteiger partial charge in [-0.25, -0.2) is 4.79 Å². The van der Waals surface area contributed by atoms with Gasteiger partial charge < -0.3 is 10.4 Å². The standard InChI is InChI=1S/C15H23NO2S/c1-5-19-13-8-6-7-12(14(13)15(17)18)16-11(4)9-10(2)3/h6-8,10-11,16H,5,9H2,1-4H3,(H,17,18). The molecule has 106 valence electrons. The Hall–Kier alpha value is -1.16. The number of hydrogen-bond donors (Lipinski definition) is 2. The molecule has 1 atom stereocenters. The zero-order valence-corrected chi connectivity index (χ0v) is 12.9. The van der Waals surface area contributed by atoms with Gasteiger partial charge in [-0.1, -0.05) is 26.8 Å². The molecule has 0 saturated heterocycles. The molecule has 0 saturated carbocycles. The molecule has 0 fully saturated rings. The second-order valence-electron chi connectivity index (χ2n) is 5.09. The van der Waals surface area contributed by atoms with Crippen molar-refractivity contribution in [3.05, 3.63) is 23.8 Å². The van der Waals surface area contributed by atoms with Crippen LogP contribution in [0.1, 0.15) is 44.5 Å². The largest absolute Gasteiger partial charge is 0.478 e. The van der Waals surface area contributed by atoms with Gasteiger partial charge in [0, 0.05) is 10.9 Å². The lowest BCUT2D eigenvalue weighted by Gasteiger charge is -2.19. The summed E-state index contributed by atoms with van der Waals surface area (Å²) in [6, 6.07) is 5.89. The van der Waals surface area contributed by atoms with E-state index in [1.807, 2.05) is 25.1 Å². The Morgan fingerprint density at radius 2 is 2.05 bits per heavy atom.